The number of hydrogen-bond donors (Lipinski definition) is 2. The minimum atomic E-state index is -0.799. The standard InChI is InChI=1S/C32H32N4O5/c1-32(2)31(38)36(3)29-24(35-32)15-14-22(27(29)28(33)23-10-6-7-11-25(23)39-4)21-13-12-20(17-26(21)40-5)41-30(37)19-9-8-16-34-18-19/h6-18,28,35H,33H2,1-5H3. The van der Waals surface area contributed by atoms with Gasteiger partial charge < -0.3 is 30.2 Å². The summed E-state index contributed by atoms with van der Waals surface area (Å²) in [6, 6.07) is 19.2. The number of para-hydroxylation sites is 1. The molecule has 0 bridgehead atoms. The van der Waals surface area contributed by atoms with Gasteiger partial charge in [-0.2, -0.15) is 0 Å². The third-order valence-corrected chi connectivity index (χ3v) is 7.19. The van der Waals surface area contributed by atoms with Crippen molar-refractivity contribution in [3.05, 3.63) is 95.8 Å². The van der Waals surface area contributed by atoms with E-state index >= 15 is 0 Å². The van der Waals surface area contributed by atoms with Gasteiger partial charge in [0.05, 0.1) is 37.2 Å². The number of pyridine rings is 1. The van der Waals surface area contributed by atoms with Gasteiger partial charge in [0, 0.05) is 42.2 Å². The van der Waals surface area contributed by atoms with E-state index in [1.807, 2.05) is 56.3 Å². The van der Waals surface area contributed by atoms with Crippen LogP contribution in [0.15, 0.2) is 79.1 Å². The number of nitrogens with two attached hydrogens (primary N) is 1. The van der Waals surface area contributed by atoms with E-state index in [9.17, 15) is 9.59 Å². The van der Waals surface area contributed by atoms with Crippen molar-refractivity contribution in [2.24, 2.45) is 5.73 Å². The topological polar surface area (TPSA) is 116 Å². The van der Waals surface area contributed by atoms with Crippen molar-refractivity contribution < 1.29 is 23.8 Å². The number of methoxy groups -OCH3 is 2. The first kappa shape index (κ1) is 27.7. The van der Waals surface area contributed by atoms with E-state index < -0.39 is 17.6 Å². The minimum Gasteiger partial charge on any atom is -0.496 e. The summed E-state index contributed by atoms with van der Waals surface area (Å²) < 4.78 is 17.0. The lowest BCUT2D eigenvalue weighted by molar-refractivity contribution is -0.121. The van der Waals surface area contributed by atoms with Gasteiger partial charge >= 0.3 is 5.97 Å². The van der Waals surface area contributed by atoms with Gasteiger partial charge in [0.15, 0.2) is 0 Å². The third kappa shape index (κ3) is 5.07. The smallest absolute Gasteiger partial charge is 0.345 e. The van der Waals surface area contributed by atoms with Crippen LogP contribution < -0.4 is 30.2 Å². The number of esters is 1. The average Bonchev–Trinajstić information content (AvgIpc) is 2.99. The summed E-state index contributed by atoms with van der Waals surface area (Å²) in [6.45, 7) is 3.69. The highest BCUT2D eigenvalue weighted by Crippen LogP contribution is 2.48. The van der Waals surface area contributed by atoms with Crippen LogP contribution in [0.1, 0.15) is 41.4 Å². The Bertz CT molecular complexity index is 1620. The van der Waals surface area contributed by atoms with E-state index in [0.29, 0.717) is 39.6 Å². The quantitative estimate of drug-likeness (QED) is 0.237. The number of amides is 1. The summed E-state index contributed by atoms with van der Waals surface area (Å²) in [6.07, 6.45) is 3.03. The first-order valence-corrected chi connectivity index (χ1v) is 13.1. The molecule has 1 amide bonds. The van der Waals surface area contributed by atoms with E-state index in [-0.39, 0.29) is 5.91 Å². The fraction of sp³-hybridized carbons (Fsp3) is 0.219. The molecule has 210 valence electrons. The molecule has 4 aromatic rings. The zero-order chi connectivity index (χ0) is 29.3. The molecule has 1 aromatic heterocycles. The van der Waals surface area contributed by atoms with Crippen LogP contribution >= 0.6 is 0 Å². The highest BCUT2D eigenvalue weighted by Gasteiger charge is 2.40. The number of benzene rings is 3. The lowest BCUT2D eigenvalue weighted by atomic mass is 9.86. The molecule has 1 unspecified atom stereocenters. The summed E-state index contributed by atoms with van der Waals surface area (Å²) in [5, 5.41) is 3.37. The van der Waals surface area contributed by atoms with Gasteiger partial charge in [0.2, 0.25) is 0 Å². The van der Waals surface area contributed by atoms with Gasteiger partial charge in [-0.1, -0.05) is 24.3 Å². The number of carbonyl (C=O) groups excluding carboxylic acids is 2. The third-order valence-electron chi connectivity index (χ3n) is 7.19. The van der Waals surface area contributed by atoms with Gasteiger partial charge in [-0.05, 0) is 55.8 Å². The lowest BCUT2D eigenvalue weighted by Gasteiger charge is -2.40. The molecule has 1 aliphatic heterocycles. The van der Waals surface area contributed by atoms with Crippen LogP contribution in [0.4, 0.5) is 11.4 Å². The van der Waals surface area contributed by atoms with E-state index in [0.717, 1.165) is 16.8 Å². The number of carbonyl (C=O) groups is 2. The number of fused-ring (bicyclic) bond motifs is 1. The zero-order valence-corrected chi connectivity index (χ0v) is 23.6. The van der Waals surface area contributed by atoms with E-state index in [1.54, 1.807) is 56.6 Å². The number of nitrogens with one attached hydrogen (secondary N) is 1. The van der Waals surface area contributed by atoms with E-state index in [1.165, 1.54) is 6.20 Å². The fourth-order valence-corrected chi connectivity index (χ4v) is 5.22. The van der Waals surface area contributed by atoms with Gasteiger partial charge in [-0.15, -0.1) is 0 Å². The lowest BCUT2D eigenvalue weighted by Crippen LogP contribution is -2.52. The van der Waals surface area contributed by atoms with Crippen LogP contribution in [-0.2, 0) is 4.79 Å². The molecule has 0 fully saturated rings. The van der Waals surface area contributed by atoms with Crippen molar-refractivity contribution in [1.29, 1.82) is 0 Å². The zero-order valence-electron chi connectivity index (χ0n) is 23.6. The molecule has 0 radical (unpaired) electrons. The normalized spacial score (nSPS) is 14.5. The Labute approximate surface area is 238 Å². The molecule has 0 saturated heterocycles. The maximum atomic E-state index is 13.4. The molecule has 0 spiro atoms. The Morgan fingerprint density at radius 2 is 1.71 bits per heavy atom. The number of likely N-dealkylation sites (N-methyl/N-ethyl adjacent to an activating group) is 1. The van der Waals surface area contributed by atoms with Gasteiger partial charge in [-0.3, -0.25) is 9.78 Å². The molecule has 9 heteroatoms. The summed E-state index contributed by atoms with van der Waals surface area (Å²) in [5.74, 6) is 0.776. The number of hydrogen-bond acceptors (Lipinski definition) is 8. The van der Waals surface area contributed by atoms with Crippen LogP contribution in [0.5, 0.6) is 17.2 Å². The Morgan fingerprint density at radius 1 is 0.976 bits per heavy atom. The summed E-state index contributed by atoms with van der Waals surface area (Å²) in [5.41, 5.74) is 10.9. The second-order valence-corrected chi connectivity index (χ2v) is 10.3. The molecule has 3 N–H and O–H groups in total. The molecular weight excluding hydrogens is 520 g/mol. The van der Waals surface area contributed by atoms with Crippen molar-refractivity contribution in [1.82, 2.24) is 4.98 Å². The summed E-state index contributed by atoms with van der Waals surface area (Å²) in [4.78, 5) is 31.7. The SMILES string of the molecule is COc1cc(OC(=O)c2cccnc2)ccc1-c1ccc2c(c1C(N)c1ccccc1OC)N(C)C(=O)C(C)(C)N2. The molecule has 0 saturated carbocycles. The van der Waals surface area contributed by atoms with Crippen LogP contribution in [0, 0.1) is 0 Å². The maximum Gasteiger partial charge on any atom is 0.345 e. The van der Waals surface area contributed by atoms with E-state index in [2.05, 4.69) is 10.3 Å². The van der Waals surface area contributed by atoms with Crippen molar-refractivity contribution >= 4 is 23.3 Å². The average molecular weight is 553 g/mol. The van der Waals surface area contributed by atoms with Crippen molar-refractivity contribution in [3.8, 4) is 28.4 Å². The predicted molar refractivity (Wildman–Crippen MR) is 158 cm³/mol. The molecule has 41 heavy (non-hydrogen) atoms. The Balaban J connectivity index is 1.67. The van der Waals surface area contributed by atoms with Crippen LogP contribution in [0.25, 0.3) is 11.1 Å². The molecule has 2 heterocycles. The van der Waals surface area contributed by atoms with Gasteiger partial charge in [0.25, 0.3) is 5.91 Å². The van der Waals surface area contributed by atoms with Crippen LogP contribution in [0.3, 0.4) is 0 Å². The number of ether oxygens (including phenoxy) is 3. The maximum absolute atomic E-state index is 13.4. The molecule has 1 atom stereocenters. The van der Waals surface area contributed by atoms with Crippen LogP contribution in [-0.4, -0.2) is 43.7 Å². The minimum absolute atomic E-state index is 0.0970. The number of rotatable bonds is 7. The Kier molecular flexibility index (Phi) is 7.38. The van der Waals surface area contributed by atoms with Gasteiger partial charge in [-0.25, -0.2) is 4.79 Å². The first-order chi connectivity index (χ1) is 19.7. The molecule has 9 nitrogen and oxygen atoms in total. The van der Waals surface area contributed by atoms with Crippen molar-refractivity contribution in [2.75, 3.05) is 31.5 Å². The van der Waals surface area contributed by atoms with E-state index in [4.69, 9.17) is 19.9 Å². The molecule has 5 rings (SSSR count). The number of aromatic nitrogens is 1. The highest BCUT2D eigenvalue weighted by atomic mass is 16.5. The highest BCUT2D eigenvalue weighted by molar-refractivity contribution is 6.09. The van der Waals surface area contributed by atoms with Crippen LogP contribution in [0.2, 0.25) is 0 Å². The second-order valence-electron chi connectivity index (χ2n) is 10.3. The van der Waals surface area contributed by atoms with Gasteiger partial charge in [0.1, 0.15) is 22.8 Å². The molecule has 3 aromatic carbocycles. The monoisotopic (exact) mass is 552 g/mol. The number of nitrogens with zero attached hydrogens (tertiary/aromatic N) is 2. The summed E-state index contributed by atoms with van der Waals surface area (Å²) in [7, 11) is 4.90. The fourth-order valence-electron chi connectivity index (χ4n) is 5.22. The molecular formula is C32H32N4O5. The first-order valence-electron chi connectivity index (χ1n) is 13.1. The Hall–Kier alpha value is -4.89. The van der Waals surface area contributed by atoms with Crippen molar-refractivity contribution in [3.63, 3.8) is 0 Å². The summed E-state index contributed by atoms with van der Waals surface area (Å²) >= 11 is 0. The van der Waals surface area contributed by atoms with Crippen molar-refractivity contribution in [2.45, 2.75) is 25.4 Å². The second kappa shape index (κ2) is 10.9. The number of anilines is 2. The Morgan fingerprint density at radius 3 is 2.41 bits per heavy atom. The predicted octanol–water partition coefficient (Wildman–Crippen LogP) is 5.20. The molecule has 0 aliphatic carbocycles. The molecule has 1 aliphatic rings. The largest absolute Gasteiger partial charge is 0.496 e.